The molecule has 0 amide bonds. The van der Waals surface area contributed by atoms with Crippen molar-refractivity contribution in [2.24, 2.45) is 0 Å². The van der Waals surface area contributed by atoms with Crippen LogP contribution in [-0.4, -0.2) is 46.8 Å². The van der Waals surface area contributed by atoms with Gasteiger partial charge in [-0.1, -0.05) is 43.9 Å². The van der Waals surface area contributed by atoms with Gasteiger partial charge < -0.3 is 4.81 Å². The summed E-state index contributed by atoms with van der Waals surface area (Å²) >= 11 is 2.79. The first-order valence-corrected chi connectivity index (χ1v) is 11.6. The summed E-state index contributed by atoms with van der Waals surface area (Å²) in [5.41, 5.74) is 1.05. The maximum Gasteiger partial charge on any atom is 0.186 e. The fourth-order valence-electron chi connectivity index (χ4n) is 3.76. The minimum Gasteiger partial charge on any atom is -0.343 e. The fourth-order valence-corrected chi connectivity index (χ4v) is 12.5. The highest BCUT2D eigenvalue weighted by Crippen LogP contribution is 2.66. The van der Waals surface area contributed by atoms with Gasteiger partial charge in [-0.3, -0.25) is 0 Å². The fraction of sp³-hybridized carbons (Fsp3) is 1.00. The lowest BCUT2D eigenvalue weighted by Crippen LogP contribution is -2.47. The van der Waals surface area contributed by atoms with Gasteiger partial charge >= 0.3 is 0 Å². The monoisotopic (exact) mass is 397 g/mol. The third-order valence-electron chi connectivity index (χ3n) is 4.70. The Balaban J connectivity index is 2.14. The highest BCUT2D eigenvalue weighted by atomic mass is 127. The van der Waals surface area contributed by atoms with Crippen LogP contribution in [-0.2, 0) is 0 Å². The molecule has 1 nitrogen and oxygen atoms in total. The zero-order chi connectivity index (χ0) is 13.2. The smallest absolute Gasteiger partial charge is 0.186 e. The molecule has 3 unspecified atom stereocenters. The topological polar surface area (TPSA) is 3.24 Å². The molecule has 0 saturated carbocycles. The molecule has 0 aliphatic carbocycles. The zero-order valence-electron chi connectivity index (χ0n) is 12.1. The van der Waals surface area contributed by atoms with Gasteiger partial charge in [0.2, 0.25) is 0 Å². The number of hydrogen-bond donors (Lipinski definition) is 0. The number of nitrogens with zero attached hydrogens (tertiary/aromatic N) is 1. The van der Waals surface area contributed by atoms with Gasteiger partial charge in [-0.25, -0.2) is 0 Å². The largest absolute Gasteiger partial charge is 0.343 e. The Labute approximate surface area is 131 Å². The molecule has 0 spiro atoms. The van der Waals surface area contributed by atoms with Crippen molar-refractivity contribution >= 4 is 47.1 Å². The molecule has 2 aliphatic heterocycles. The molecule has 2 heterocycles. The highest BCUT2D eigenvalue weighted by Gasteiger charge is 2.48. The van der Waals surface area contributed by atoms with Crippen molar-refractivity contribution in [1.29, 1.82) is 0 Å². The minimum atomic E-state index is 0.284. The van der Waals surface area contributed by atoms with Crippen LogP contribution in [0.2, 0.25) is 0 Å². The van der Waals surface area contributed by atoms with Crippen molar-refractivity contribution in [1.82, 2.24) is 4.81 Å². The average molecular weight is 397 g/mol. The van der Waals surface area contributed by atoms with E-state index in [0.717, 1.165) is 9.32 Å². The predicted molar refractivity (Wildman–Crippen MR) is 99.0 cm³/mol. The molecular weight excluding hydrogens is 370 g/mol. The van der Waals surface area contributed by atoms with Crippen LogP contribution >= 0.6 is 39.1 Å². The van der Waals surface area contributed by atoms with Crippen LogP contribution in [0.3, 0.4) is 0 Å². The van der Waals surface area contributed by atoms with E-state index in [9.17, 15) is 0 Å². The number of alkyl halides is 1. The maximum atomic E-state index is 2.79. The molecule has 5 heteroatoms. The van der Waals surface area contributed by atoms with Crippen molar-refractivity contribution in [2.75, 3.05) is 19.4 Å². The van der Waals surface area contributed by atoms with Crippen molar-refractivity contribution in [2.45, 2.75) is 60.1 Å². The molecule has 18 heavy (non-hydrogen) atoms. The maximum absolute atomic E-state index is 2.79. The van der Waals surface area contributed by atoms with Gasteiger partial charge in [0.05, 0.1) is 0 Å². The van der Waals surface area contributed by atoms with Crippen LogP contribution in [0.25, 0.3) is 0 Å². The van der Waals surface area contributed by atoms with Crippen molar-refractivity contribution in [3.63, 3.8) is 0 Å². The standard InChI is InChI=1S/C13H27BINP2/c1-3-6-12(15)18-10-4-7-11(18)13(16(2)14)8-5-9-17-13/h11-12,17H,3-10,14H2,1-2H3/t11-,12?,13?,18+/m0/s1. The second-order valence-corrected chi connectivity index (χ2v) is 12.9. The molecule has 104 valence electrons. The van der Waals surface area contributed by atoms with Crippen LogP contribution in [0, 0.1) is 0 Å². The Bertz CT molecular complexity index is 272. The molecule has 2 saturated heterocycles. The summed E-state index contributed by atoms with van der Waals surface area (Å²) < 4.78 is 0.984. The van der Waals surface area contributed by atoms with Crippen LogP contribution in [0.5, 0.6) is 0 Å². The Morgan fingerprint density at radius 1 is 1.56 bits per heavy atom. The summed E-state index contributed by atoms with van der Waals surface area (Å²) in [6.07, 6.45) is 11.9. The first-order valence-electron chi connectivity index (χ1n) is 7.44. The van der Waals surface area contributed by atoms with Gasteiger partial charge in [-0.05, 0) is 51.5 Å². The van der Waals surface area contributed by atoms with E-state index in [1.54, 1.807) is 6.16 Å². The summed E-state index contributed by atoms with van der Waals surface area (Å²) in [5.74, 6) is 0. The molecule has 5 atom stereocenters. The molecular formula is C13H27BINP2. The van der Waals surface area contributed by atoms with Crippen LogP contribution in [0.15, 0.2) is 0 Å². The van der Waals surface area contributed by atoms with Gasteiger partial charge in [0.25, 0.3) is 0 Å². The minimum absolute atomic E-state index is 0.284. The molecule has 2 rings (SSSR count). The lowest BCUT2D eigenvalue weighted by Gasteiger charge is -2.46. The lowest BCUT2D eigenvalue weighted by atomic mass is 10.0. The van der Waals surface area contributed by atoms with Crippen LogP contribution in [0.1, 0.15) is 45.4 Å². The summed E-state index contributed by atoms with van der Waals surface area (Å²) in [5, 5.41) is 0.610. The molecule has 0 radical (unpaired) electrons. The third-order valence-corrected chi connectivity index (χ3v) is 13.3. The second-order valence-electron chi connectivity index (χ2n) is 5.97. The van der Waals surface area contributed by atoms with E-state index in [1.165, 1.54) is 53.3 Å². The van der Waals surface area contributed by atoms with Crippen LogP contribution < -0.4 is 0 Å². The number of rotatable bonds is 5. The van der Waals surface area contributed by atoms with Gasteiger partial charge in [0.15, 0.2) is 7.98 Å². The van der Waals surface area contributed by atoms with Gasteiger partial charge in [0.1, 0.15) is 0 Å². The first kappa shape index (κ1) is 16.0. The van der Waals surface area contributed by atoms with E-state index in [0.29, 0.717) is 5.28 Å². The van der Waals surface area contributed by atoms with E-state index < -0.39 is 0 Å². The lowest BCUT2D eigenvalue weighted by molar-refractivity contribution is 0.317. The summed E-state index contributed by atoms with van der Waals surface area (Å²) in [7, 11) is 6.19. The average Bonchev–Trinajstić information content (AvgIpc) is 2.98. The molecule has 2 aliphatic rings. The highest BCUT2D eigenvalue weighted by molar-refractivity contribution is 14.1. The van der Waals surface area contributed by atoms with Gasteiger partial charge in [-0.2, -0.15) is 0 Å². The number of hydrogen-bond acceptors (Lipinski definition) is 1. The third kappa shape index (κ3) is 3.10. The Morgan fingerprint density at radius 2 is 2.33 bits per heavy atom. The quantitative estimate of drug-likeness (QED) is 0.295. The summed E-state index contributed by atoms with van der Waals surface area (Å²) in [6.45, 7) is 2.35. The SMILES string of the molecule is BN(C)C1([C@@H]2CCC[P@@]2C(I)CCC)CCCP1. The normalized spacial score (nSPS) is 39.8. The summed E-state index contributed by atoms with van der Waals surface area (Å²) in [4.78, 5) is 2.62. The van der Waals surface area contributed by atoms with E-state index in [-0.39, 0.29) is 7.92 Å². The molecule has 0 aromatic heterocycles. The first-order chi connectivity index (χ1) is 8.62. The van der Waals surface area contributed by atoms with E-state index >= 15 is 0 Å². The molecule has 0 aromatic carbocycles. The van der Waals surface area contributed by atoms with E-state index in [2.05, 4.69) is 49.4 Å². The molecule has 0 bridgehead atoms. The molecule has 0 N–H and O–H groups in total. The van der Waals surface area contributed by atoms with Gasteiger partial charge in [-0.15, -0.1) is 8.58 Å². The van der Waals surface area contributed by atoms with Gasteiger partial charge in [0, 0.05) is 14.6 Å². The summed E-state index contributed by atoms with van der Waals surface area (Å²) in [6, 6.07) is 0. The van der Waals surface area contributed by atoms with Crippen molar-refractivity contribution < 1.29 is 0 Å². The van der Waals surface area contributed by atoms with Crippen molar-refractivity contribution in [3.8, 4) is 0 Å². The Kier molecular flexibility index (Phi) is 6.27. The molecule has 0 aromatic rings. The van der Waals surface area contributed by atoms with Crippen LogP contribution in [0.4, 0.5) is 0 Å². The number of halogens is 1. The van der Waals surface area contributed by atoms with E-state index in [4.69, 9.17) is 0 Å². The van der Waals surface area contributed by atoms with E-state index in [1.807, 2.05) is 0 Å². The molecule has 2 fully saturated rings. The predicted octanol–water partition coefficient (Wildman–Crippen LogP) is 3.84. The second kappa shape index (κ2) is 7.05. The Hall–Kier alpha value is 1.61. The zero-order valence-corrected chi connectivity index (χ0v) is 16.1. The van der Waals surface area contributed by atoms with Crippen molar-refractivity contribution in [3.05, 3.63) is 0 Å². The Morgan fingerprint density at radius 3 is 2.89 bits per heavy atom.